The number of carbonyl (C=O) groups excluding carboxylic acids is 1. The van der Waals surface area contributed by atoms with Gasteiger partial charge in [-0.25, -0.2) is 4.39 Å². The molecule has 3 rings (SSSR count). The van der Waals surface area contributed by atoms with E-state index in [1.54, 1.807) is 43.1 Å². The zero-order valence-electron chi connectivity index (χ0n) is 12.4. The van der Waals surface area contributed by atoms with Crippen LogP contribution in [-0.4, -0.2) is 18.8 Å². The van der Waals surface area contributed by atoms with Crippen LogP contribution in [-0.2, 0) is 0 Å². The van der Waals surface area contributed by atoms with E-state index < -0.39 is 0 Å². The van der Waals surface area contributed by atoms with E-state index >= 15 is 0 Å². The van der Waals surface area contributed by atoms with E-state index in [0.717, 1.165) is 27.1 Å². The third-order valence-corrected chi connectivity index (χ3v) is 5.47. The van der Waals surface area contributed by atoms with Crippen molar-refractivity contribution in [3.8, 4) is 5.75 Å². The summed E-state index contributed by atoms with van der Waals surface area (Å²) in [5.74, 6) is 1.11. The second kappa shape index (κ2) is 6.93. The highest BCUT2D eigenvalue weighted by Crippen LogP contribution is 2.36. The Morgan fingerprint density at radius 3 is 2.91 bits per heavy atom. The van der Waals surface area contributed by atoms with E-state index in [9.17, 15) is 9.18 Å². The van der Waals surface area contributed by atoms with Crippen LogP contribution in [0.15, 0.2) is 45.8 Å². The fourth-order valence-electron chi connectivity index (χ4n) is 2.56. The van der Waals surface area contributed by atoms with Gasteiger partial charge >= 0.3 is 0 Å². The molecule has 1 atom stereocenters. The molecule has 0 saturated heterocycles. The van der Waals surface area contributed by atoms with Gasteiger partial charge < -0.3 is 10.1 Å². The zero-order chi connectivity index (χ0) is 16.4. The van der Waals surface area contributed by atoms with Crippen molar-refractivity contribution in [3.63, 3.8) is 0 Å². The summed E-state index contributed by atoms with van der Waals surface area (Å²) in [6, 6.07) is 9.74. The lowest BCUT2D eigenvalue weighted by Crippen LogP contribution is -2.30. The maximum absolute atomic E-state index is 13.5. The molecular weight excluding hydrogens is 381 g/mol. The third-order valence-electron chi connectivity index (χ3n) is 3.73. The molecule has 0 radical (unpaired) electrons. The van der Waals surface area contributed by atoms with E-state index in [1.807, 2.05) is 0 Å². The number of hydrogen-bond acceptors (Lipinski definition) is 3. The van der Waals surface area contributed by atoms with E-state index in [4.69, 9.17) is 4.74 Å². The first-order chi connectivity index (χ1) is 11.1. The van der Waals surface area contributed by atoms with Gasteiger partial charge in [-0.15, -0.1) is 11.8 Å². The molecule has 0 saturated carbocycles. The molecule has 3 nitrogen and oxygen atoms in total. The average Bonchev–Trinajstić information content (AvgIpc) is 2.55. The molecule has 120 valence electrons. The quantitative estimate of drug-likeness (QED) is 0.827. The molecule has 1 heterocycles. The molecule has 1 unspecified atom stereocenters. The molecule has 0 aliphatic carbocycles. The summed E-state index contributed by atoms with van der Waals surface area (Å²) in [6.45, 7) is 0. The summed E-state index contributed by atoms with van der Waals surface area (Å²) >= 11 is 5.07. The molecule has 1 N–H and O–H groups in total. The first-order valence-corrected chi connectivity index (χ1v) is 8.93. The van der Waals surface area contributed by atoms with Crippen molar-refractivity contribution in [2.75, 3.05) is 12.9 Å². The first kappa shape index (κ1) is 16.3. The smallest absolute Gasteiger partial charge is 0.251 e. The Morgan fingerprint density at radius 1 is 1.35 bits per heavy atom. The molecule has 1 amide bonds. The van der Waals surface area contributed by atoms with Crippen LogP contribution in [0.5, 0.6) is 5.75 Å². The minimum absolute atomic E-state index is 0.171. The Kier molecular flexibility index (Phi) is 4.92. The number of carbonyl (C=O) groups is 1. The van der Waals surface area contributed by atoms with Crippen LogP contribution in [0.1, 0.15) is 28.4 Å². The van der Waals surface area contributed by atoms with Gasteiger partial charge in [0, 0.05) is 16.2 Å². The van der Waals surface area contributed by atoms with Crippen LogP contribution >= 0.6 is 27.7 Å². The first-order valence-electron chi connectivity index (χ1n) is 7.15. The monoisotopic (exact) mass is 395 g/mol. The number of nitrogens with one attached hydrogen (secondary N) is 1. The van der Waals surface area contributed by atoms with Crippen molar-refractivity contribution >= 4 is 33.6 Å². The van der Waals surface area contributed by atoms with Gasteiger partial charge in [0.1, 0.15) is 11.6 Å². The number of amides is 1. The molecule has 1 aliphatic heterocycles. The fraction of sp³-hybridized carbons (Fsp3) is 0.235. The summed E-state index contributed by atoms with van der Waals surface area (Å²) in [5, 5.41) is 3.00. The number of halogens is 2. The van der Waals surface area contributed by atoms with Gasteiger partial charge in [0.2, 0.25) is 0 Å². The summed E-state index contributed by atoms with van der Waals surface area (Å²) in [4.78, 5) is 13.5. The van der Waals surface area contributed by atoms with Crippen LogP contribution in [0.4, 0.5) is 4.39 Å². The van der Waals surface area contributed by atoms with Crippen molar-refractivity contribution in [2.24, 2.45) is 0 Å². The normalized spacial score (nSPS) is 16.6. The molecule has 0 fully saturated rings. The van der Waals surface area contributed by atoms with E-state index in [2.05, 4.69) is 21.2 Å². The van der Waals surface area contributed by atoms with Crippen LogP contribution in [0.25, 0.3) is 0 Å². The Hall–Kier alpha value is -1.53. The van der Waals surface area contributed by atoms with Gasteiger partial charge in [-0.05, 0) is 64.3 Å². The van der Waals surface area contributed by atoms with Crippen LogP contribution < -0.4 is 10.1 Å². The van der Waals surface area contributed by atoms with Crippen LogP contribution in [0.2, 0.25) is 0 Å². The summed E-state index contributed by atoms with van der Waals surface area (Å²) in [7, 11) is 1.57. The molecule has 0 spiro atoms. The number of hydrogen-bond donors (Lipinski definition) is 1. The number of fused-ring (bicyclic) bond motifs is 1. The minimum Gasteiger partial charge on any atom is -0.496 e. The highest BCUT2D eigenvalue weighted by Gasteiger charge is 2.23. The lowest BCUT2D eigenvalue weighted by Gasteiger charge is -2.26. The SMILES string of the molecule is COc1ccc(C(=O)NC2CCSc3ccc(F)cc32)cc1Br. The number of ether oxygens (including phenoxy) is 1. The van der Waals surface area contributed by atoms with Crippen molar-refractivity contribution in [1.29, 1.82) is 0 Å². The maximum Gasteiger partial charge on any atom is 0.251 e. The number of methoxy groups -OCH3 is 1. The molecule has 0 aromatic heterocycles. The lowest BCUT2D eigenvalue weighted by molar-refractivity contribution is 0.0934. The average molecular weight is 396 g/mol. The van der Waals surface area contributed by atoms with Gasteiger partial charge in [-0.3, -0.25) is 4.79 Å². The summed E-state index contributed by atoms with van der Waals surface area (Å²) < 4.78 is 19.4. The molecular formula is C17H15BrFNO2S. The second-order valence-corrected chi connectivity index (χ2v) is 7.19. The van der Waals surface area contributed by atoms with Crippen molar-refractivity contribution in [3.05, 3.63) is 57.8 Å². The Labute approximate surface area is 146 Å². The maximum atomic E-state index is 13.5. The number of rotatable bonds is 3. The molecule has 2 aromatic carbocycles. The molecule has 23 heavy (non-hydrogen) atoms. The van der Waals surface area contributed by atoms with Gasteiger partial charge in [0.25, 0.3) is 5.91 Å². The lowest BCUT2D eigenvalue weighted by atomic mass is 10.0. The molecule has 1 aliphatic rings. The van der Waals surface area contributed by atoms with E-state index in [-0.39, 0.29) is 17.8 Å². The minimum atomic E-state index is -0.280. The summed E-state index contributed by atoms with van der Waals surface area (Å²) in [6.07, 6.45) is 0.782. The van der Waals surface area contributed by atoms with Gasteiger partial charge in [0.15, 0.2) is 0 Å². The van der Waals surface area contributed by atoms with Gasteiger partial charge in [-0.1, -0.05) is 0 Å². The van der Waals surface area contributed by atoms with E-state index in [0.29, 0.717) is 11.3 Å². The Balaban J connectivity index is 1.81. The predicted molar refractivity (Wildman–Crippen MR) is 92.6 cm³/mol. The Bertz CT molecular complexity index is 753. The topological polar surface area (TPSA) is 38.3 Å². The molecule has 6 heteroatoms. The molecule has 2 aromatic rings. The second-order valence-electron chi connectivity index (χ2n) is 5.19. The van der Waals surface area contributed by atoms with Crippen molar-refractivity contribution in [2.45, 2.75) is 17.4 Å². The van der Waals surface area contributed by atoms with Crippen molar-refractivity contribution in [1.82, 2.24) is 5.32 Å². The standard InChI is InChI=1S/C17H15BrFNO2S/c1-22-15-4-2-10(8-13(15)18)17(21)20-14-6-7-23-16-5-3-11(19)9-12(14)16/h2-5,8-9,14H,6-7H2,1H3,(H,20,21). The number of thioether (sulfide) groups is 1. The van der Waals surface area contributed by atoms with Gasteiger partial charge in [0.05, 0.1) is 17.6 Å². The highest BCUT2D eigenvalue weighted by molar-refractivity contribution is 9.10. The zero-order valence-corrected chi connectivity index (χ0v) is 14.8. The predicted octanol–water partition coefficient (Wildman–Crippen LogP) is 4.56. The van der Waals surface area contributed by atoms with Gasteiger partial charge in [-0.2, -0.15) is 0 Å². The third kappa shape index (κ3) is 3.53. The largest absolute Gasteiger partial charge is 0.496 e. The fourth-order valence-corrected chi connectivity index (χ4v) is 4.21. The van der Waals surface area contributed by atoms with Crippen LogP contribution in [0, 0.1) is 5.82 Å². The highest BCUT2D eigenvalue weighted by atomic mass is 79.9. The number of benzene rings is 2. The Morgan fingerprint density at radius 2 is 2.17 bits per heavy atom. The van der Waals surface area contributed by atoms with Crippen LogP contribution in [0.3, 0.4) is 0 Å². The van der Waals surface area contributed by atoms with Crippen molar-refractivity contribution < 1.29 is 13.9 Å². The molecule has 0 bridgehead atoms. The summed E-state index contributed by atoms with van der Waals surface area (Å²) in [5.41, 5.74) is 1.39. The van der Waals surface area contributed by atoms with E-state index in [1.165, 1.54) is 12.1 Å².